The first-order valence-electron chi connectivity index (χ1n) is 6.31. The van der Waals surface area contributed by atoms with Crippen molar-refractivity contribution in [1.29, 1.82) is 0 Å². The topological polar surface area (TPSA) is 37.8 Å². The second-order valence-electron chi connectivity index (χ2n) is 4.38. The SMILES string of the molecule is CCNC(c1ccnc(C)n1)c1ccccc1C. The monoisotopic (exact) mass is 241 g/mol. The summed E-state index contributed by atoms with van der Waals surface area (Å²) in [6, 6.07) is 10.5. The van der Waals surface area contributed by atoms with Crippen LogP contribution in [0, 0.1) is 13.8 Å². The van der Waals surface area contributed by atoms with Crippen molar-refractivity contribution < 1.29 is 0 Å². The molecule has 1 unspecified atom stereocenters. The summed E-state index contributed by atoms with van der Waals surface area (Å²) in [4.78, 5) is 8.70. The number of hydrogen-bond donors (Lipinski definition) is 1. The lowest BCUT2D eigenvalue weighted by atomic mass is 9.98. The fourth-order valence-corrected chi connectivity index (χ4v) is 2.12. The van der Waals surface area contributed by atoms with E-state index < -0.39 is 0 Å². The third kappa shape index (κ3) is 2.74. The van der Waals surface area contributed by atoms with E-state index in [9.17, 15) is 0 Å². The van der Waals surface area contributed by atoms with Crippen molar-refractivity contribution in [2.45, 2.75) is 26.8 Å². The predicted octanol–water partition coefficient (Wildman–Crippen LogP) is 2.79. The fourth-order valence-electron chi connectivity index (χ4n) is 2.12. The lowest BCUT2D eigenvalue weighted by Gasteiger charge is -2.20. The molecular weight excluding hydrogens is 222 g/mol. The molecule has 0 bridgehead atoms. The predicted molar refractivity (Wildman–Crippen MR) is 73.5 cm³/mol. The smallest absolute Gasteiger partial charge is 0.125 e. The lowest BCUT2D eigenvalue weighted by Crippen LogP contribution is -2.24. The molecule has 2 rings (SSSR count). The first-order valence-corrected chi connectivity index (χ1v) is 6.31. The van der Waals surface area contributed by atoms with Crippen molar-refractivity contribution in [3.63, 3.8) is 0 Å². The molecule has 1 N–H and O–H groups in total. The molecule has 0 saturated heterocycles. The van der Waals surface area contributed by atoms with Crippen molar-refractivity contribution >= 4 is 0 Å². The van der Waals surface area contributed by atoms with Gasteiger partial charge in [-0.1, -0.05) is 31.2 Å². The van der Waals surface area contributed by atoms with E-state index in [1.54, 1.807) is 0 Å². The van der Waals surface area contributed by atoms with Gasteiger partial charge in [0, 0.05) is 6.20 Å². The van der Waals surface area contributed by atoms with Gasteiger partial charge in [-0.3, -0.25) is 0 Å². The first-order chi connectivity index (χ1) is 8.72. The van der Waals surface area contributed by atoms with E-state index in [2.05, 4.69) is 53.4 Å². The minimum absolute atomic E-state index is 0.137. The van der Waals surface area contributed by atoms with Gasteiger partial charge >= 0.3 is 0 Å². The number of rotatable bonds is 4. The Morgan fingerprint density at radius 3 is 2.61 bits per heavy atom. The van der Waals surface area contributed by atoms with Crippen LogP contribution in [0.4, 0.5) is 0 Å². The second kappa shape index (κ2) is 5.74. The Morgan fingerprint density at radius 2 is 1.94 bits per heavy atom. The normalized spacial score (nSPS) is 12.4. The average molecular weight is 241 g/mol. The molecule has 1 atom stereocenters. The van der Waals surface area contributed by atoms with E-state index in [0.717, 1.165) is 18.1 Å². The summed E-state index contributed by atoms with van der Waals surface area (Å²) in [5.74, 6) is 0.809. The molecule has 0 radical (unpaired) electrons. The summed E-state index contributed by atoms with van der Waals surface area (Å²) in [6.07, 6.45) is 1.82. The third-order valence-electron chi connectivity index (χ3n) is 3.00. The Kier molecular flexibility index (Phi) is 4.05. The zero-order valence-corrected chi connectivity index (χ0v) is 11.1. The van der Waals surface area contributed by atoms with Crippen LogP contribution in [-0.4, -0.2) is 16.5 Å². The molecule has 1 aromatic carbocycles. The van der Waals surface area contributed by atoms with Gasteiger partial charge in [0.25, 0.3) is 0 Å². The Labute approximate surface area is 108 Å². The molecule has 0 fully saturated rings. The molecule has 0 spiro atoms. The molecule has 18 heavy (non-hydrogen) atoms. The maximum Gasteiger partial charge on any atom is 0.125 e. The van der Waals surface area contributed by atoms with E-state index in [1.807, 2.05) is 19.2 Å². The van der Waals surface area contributed by atoms with Crippen LogP contribution in [0.2, 0.25) is 0 Å². The van der Waals surface area contributed by atoms with E-state index in [0.29, 0.717) is 0 Å². The number of nitrogens with one attached hydrogen (secondary N) is 1. The second-order valence-corrected chi connectivity index (χ2v) is 4.38. The van der Waals surface area contributed by atoms with E-state index in [-0.39, 0.29) is 6.04 Å². The standard InChI is InChI=1S/C15H19N3/c1-4-16-15(13-8-6-5-7-11(13)2)14-9-10-17-12(3)18-14/h5-10,15-16H,4H2,1-3H3. The third-order valence-corrected chi connectivity index (χ3v) is 3.00. The highest BCUT2D eigenvalue weighted by molar-refractivity contribution is 5.34. The molecule has 0 aliphatic heterocycles. The van der Waals surface area contributed by atoms with Crippen molar-refractivity contribution in [3.05, 3.63) is 59.2 Å². The highest BCUT2D eigenvalue weighted by atomic mass is 15.0. The quantitative estimate of drug-likeness (QED) is 0.894. The first kappa shape index (κ1) is 12.7. The number of benzene rings is 1. The summed E-state index contributed by atoms with van der Waals surface area (Å²) in [5.41, 5.74) is 3.58. The van der Waals surface area contributed by atoms with E-state index in [4.69, 9.17) is 0 Å². The molecule has 0 aliphatic rings. The molecule has 0 aliphatic carbocycles. The maximum atomic E-state index is 4.54. The molecule has 1 aromatic heterocycles. The van der Waals surface area contributed by atoms with Gasteiger partial charge in [-0.15, -0.1) is 0 Å². The van der Waals surface area contributed by atoms with Gasteiger partial charge in [0.15, 0.2) is 0 Å². The van der Waals surface area contributed by atoms with Crippen molar-refractivity contribution in [3.8, 4) is 0 Å². The van der Waals surface area contributed by atoms with E-state index >= 15 is 0 Å². The highest BCUT2D eigenvalue weighted by Gasteiger charge is 2.16. The number of nitrogens with zero attached hydrogens (tertiary/aromatic N) is 2. The Balaban J connectivity index is 2.43. The summed E-state index contributed by atoms with van der Waals surface area (Å²) >= 11 is 0. The lowest BCUT2D eigenvalue weighted by molar-refractivity contribution is 0.609. The largest absolute Gasteiger partial charge is 0.305 e. The van der Waals surface area contributed by atoms with Gasteiger partial charge in [0.2, 0.25) is 0 Å². The maximum absolute atomic E-state index is 4.54. The van der Waals surface area contributed by atoms with Gasteiger partial charge in [-0.05, 0) is 37.6 Å². The molecule has 94 valence electrons. The summed E-state index contributed by atoms with van der Waals surface area (Å²) in [5, 5.41) is 3.49. The van der Waals surface area contributed by atoms with Crippen LogP contribution in [0.25, 0.3) is 0 Å². The Hall–Kier alpha value is -1.74. The fraction of sp³-hybridized carbons (Fsp3) is 0.333. The van der Waals surface area contributed by atoms with Crippen LogP contribution in [0.5, 0.6) is 0 Å². The molecule has 0 saturated carbocycles. The van der Waals surface area contributed by atoms with E-state index in [1.165, 1.54) is 11.1 Å². The summed E-state index contributed by atoms with van der Waals surface area (Å²) < 4.78 is 0. The Morgan fingerprint density at radius 1 is 1.17 bits per heavy atom. The minimum Gasteiger partial charge on any atom is -0.305 e. The van der Waals surface area contributed by atoms with Gasteiger partial charge in [0.05, 0.1) is 11.7 Å². The summed E-state index contributed by atoms with van der Waals surface area (Å²) in [6.45, 7) is 7.07. The number of aromatic nitrogens is 2. The Bertz CT molecular complexity index is 523. The van der Waals surface area contributed by atoms with Gasteiger partial charge < -0.3 is 5.32 Å². The molecule has 2 aromatic rings. The minimum atomic E-state index is 0.137. The van der Waals surface area contributed by atoms with Crippen LogP contribution in [-0.2, 0) is 0 Å². The zero-order valence-electron chi connectivity index (χ0n) is 11.1. The average Bonchev–Trinajstić information content (AvgIpc) is 2.37. The van der Waals surface area contributed by atoms with Crippen LogP contribution < -0.4 is 5.32 Å². The molecule has 0 amide bonds. The van der Waals surface area contributed by atoms with Crippen LogP contribution in [0.3, 0.4) is 0 Å². The molecule has 3 heteroatoms. The van der Waals surface area contributed by atoms with Crippen molar-refractivity contribution in [1.82, 2.24) is 15.3 Å². The van der Waals surface area contributed by atoms with Crippen LogP contribution in [0.1, 0.15) is 35.6 Å². The van der Waals surface area contributed by atoms with Crippen molar-refractivity contribution in [2.75, 3.05) is 6.54 Å². The number of hydrogen-bond acceptors (Lipinski definition) is 3. The van der Waals surface area contributed by atoms with Gasteiger partial charge in [-0.2, -0.15) is 0 Å². The van der Waals surface area contributed by atoms with Crippen molar-refractivity contribution in [2.24, 2.45) is 0 Å². The molecule has 1 heterocycles. The number of aryl methyl sites for hydroxylation is 2. The molecule has 3 nitrogen and oxygen atoms in total. The summed E-state index contributed by atoms with van der Waals surface area (Å²) in [7, 11) is 0. The van der Waals surface area contributed by atoms with Gasteiger partial charge in [-0.25, -0.2) is 9.97 Å². The van der Waals surface area contributed by atoms with Gasteiger partial charge in [0.1, 0.15) is 5.82 Å². The highest BCUT2D eigenvalue weighted by Crippen LogP contribution is 2.23. The zero-order chi connectivity index (χ0) is 13.0. The van der Waals surface area contributed by atoms with Crippen LogP contribution in [0.15, 0.2) is 36.5 Å². The van der Waals surface area contributed by atoms with Crippen LogP contribution >= 0.6 is 0 Å². The molecular formula is C15H19N3.